The van der Waals surface area contributed by atoms with Crippen LogP contribution in [0.3, 0.4) is 0 Å². The minimum absolute atomic E-state index is 0.0836. The highest BCUT2D eigenvalue weighted by atomic mass is 16.7. The standard InChI is InChI=1S/C55H88O15/c1-3-5-7-9-11-13-15-17-19-20-21-22-24-25-27-29-31-33-35-37-46(57)65-40-43(68-47(58)38-36-34-32-30-28-26-23-18-16-14-12-10-8-6-4-2)41-66-54-53(64)51(62)49(60)45(70-54)42-67-55-52(63)50(61)48(59)44(39-56)69-55/h5,7,11-14,17-19,21-23,25,27,31,33,43-45,48-56,59-64H,3-4,6,8-10,15-16,20,24,26,28-30,32,34-42H2,1-2H3/b7-5+,13-11+,14-12+,19-17+,22-21+,23-18+,27-25+,33-31+/t43-,44+,45+,48-,49-,50?,51?,52?,53?,54+,55+/m0/s1. The number of aliphatic hydroxyl groups excluding tert-OH is 7. The third-order valence-corrected chi connectivity index (χ3v) is 11.6. The fourth-order valence-electron chi connectivity index (χ4n) is 7.33. The Morgan fingerprint density at radius 1 is 0.471 bits per heavy atom. The monoisotopic (exact) mass is 989 g/mol. The summed E-state index contributed by atoms with van der Waals surface area (Å²) < 4.78 is 33.5. The lowest BCUT2D eigenvalue weighted by molar-refractivity contribution is -0.332. The lowest BCUT2D eigenvalue weighted by Gasteiger charge is -2.42. The third kappa shape index (κ3) is 28.5. The van der Waals surface area contributed by atoms with Crippen LogP contribution in [-0.2, 0) is 38.0 Å². The average Bonchev–Trinajstić information content (AvgIpc) is 3.35. The summed E-state index contributed by atoms with van der Waals surface area (Å²) >= 11 is 0. The highest BCUT2D eigenvalue weighted by Gasteiger charge is 2.47. The highest BCUT2D eigenvalue weighted by molar-refractivity contribution is 5.70. The quantitative estimate of drug-likeness (QED) is 0.0182. The van der Waals surface area contributed by atoms with Gasteiger partial charge in [0.25, 0.3) is 0 Å². The number of aliphatic hydroxyl groups is 7. The maximum atomic E-state index is 13.0. The number of allylic oxidation sites excluding steroid dienone is 16. The van der Waals surface area contributed by atoms with Gasteiger partial charge in [0.15, 0.2) is 18.7 Å². The molecule has 2 aliphatic rings. The Kier molecular flexibility index (Phi) is 36.6. The van der Waals surface area contributed by atoms with Gasteiger partial charge in [-0.25, -0.2) is 0 Å². The van der Waals surface area contributed by atoms with Crippen molar-refractivity contribution in [2.45, 2.75) is 210 Å². The summed E-state index contributed by atoms with van der Waals surface area (Å²) in [7, 11) is 0. The SMILES string of the molecule is CC/C=C/C/C=C/C/C=C/C/C=C/C/C=C/C/C=C/CCC(=O)OC[C@@H](CO[C@@H]1O[C@H](CO[C@@H]2O[C@H](CO)[C@H](O)C(O)C2O)[C@H](O)C(O)C1O)OC(=O)CCCCCCC/C=C/C/C=C/CCCCC. The van der Waals surface area contributed by atoms with Gasteiger partial charge in [0.2, 0.25) is 0 Å². The smallest absolute Gasteiger partial charge is 0.306 e. The molecule has 2 rings (SSSR count). The van der Waals surface area contributed by atoms with Crippen molar-refractivity contribution in [3.8, 4) is 0 Å². The number of carbonyl (C=O) groups excluding carboxylic acids is 2. The van der Waals surface area contributed by atoms with E-state index in [4.69, 9.17) is 28.4 Å². The molecule has 0 saturated carbocycles. The molecule has 0 radical (unpaired) electrons. The Morgan fingerprint density at radius 2 is 0.929 bits per heavy atom. The number of hydrogen-bond donors (Lipinski definition) is 7. The molecule has 4 unspecified atom stereocenters. The van der Waals surface area contributed by atoms with Gasteiger partial charge in [-0.15, -0.1) is 0 Å². The molecular formula is C55H88O15. The lowest BCUT2D eigenvalue weighted by Crippen LogP contribution is -2.61. The van der Waals surface area contributed by atoms with Gasteiger partial charge in [0, 0.05) is 12.8 Å². The first-order valence-electron chi connectivity index (χ1n) is 25.8. The molecule has 15 heteroatoms. The molecule has 0 spiro atoms. The summed E-state index contributed by atoms with van der Waals surface area (Å²) in [6.07, 6.45) is 34.4. The third-order valence-electron chi connectivity index (χ3n) is 11.6. The summed E-state index contributed by atoms with van der Waals surface area (Å²) in [5.74, 6) is -1.05. The highest BCUT2D eigenvalue weighted by Crippen LogP contribution is 2.26. The van der Waals surface area contributed by atoms with Crippen LogP contribution < -0.4 is 0 Å². The molecule has 7 N–H and O–H groups in total. The van der Waals surface area contributed by atoms with Gasteiger partial charge in [0.1, 0.15) is 55.4 Å². The van der Waals surface area contributed by atoms with Gasteiger partial charge >= 0.3 is 11.9 Å². The fraction of sp³-hybridized carbons (Fsp3) is 0.673. The van der Waals surface area contributed by atoms with Crippen LogP contribution in [0.15, 0.2) is 97.2 Å². The van der Waals surface area contributed by atoms with Gasteiger partial charge in [-0.1, -0.05) is 143 Å². The van der Waals surface area contributed by atoms with E-state index in [1.807, 2.05) is 12.2 Å². The van der Waals surface area contributed by atoms with Crippen LogP contribution >= 0.6 is 0 Å². The van der Waals surface area contributed by atoms with Crippen molar-refractivity contribution < 1.29 is 73.8 Å². The molecule has 2 saturated heterocycles. The summed E-state index contributed by atoms with van der Waals surface area (Å²) in [6.45, 7) is 2.33. The van der Waals surface area contributed by atoms with Crippen LogP contribution in [0.4, 0.5) is 0 Å². The van der Waals surface area contributed by atoms with Crippen molar-refractivity contribution in [3.05, 3.63) is 97.2 Å². The maximum absolute atomic E-state index is 13.0. The van der Waals surface area contributed by atoms with Crippen molar-refractivity contribution in [1.82, 2.24) is 0 Å². The predicted molar refractivity (Wildman–Crippen MR) is 270 cm³/mol. The minimum atomic E-state index is -1.78. The lowest BCUT2D eigenvalue weighted by atomic mass is 9.98. The molecule has 398 valence electrons. The second-order valence-corrected chi connectivity index (χ2v) is 17.6. The number of carbonyl (C=O) groups is 2. The van der Waals surface area contributed by atoms with E-state index in [0.717, 1.165) is 77.0 Å². The first-order chi connectivity index (χ1) is 34.0. The predicted octanol–water partition coefficient (Wildman–Crippen LogP) is 7.37. The van der Waals surface area contributed by atoms with Crippen LogP contribution in [-0.4, -0.2) is 142 Å². The van der Waals surface area contributed by atoms with E-state index in [1.54, 1.807) is 0 Å². The van der Waals surface area contributed by atoms with Crippen LogP contribution in [0.25, 0.3) is 0 Å². The summed E-state index contributed by atoms with van der Waals surface area (Å²) in [6, 6.07) is 0. The van der Waals surface area contributed by atoms with Crippen molar-refractivity contribution in [2.24, 2.45) is 0 Å². The number of unbranched alkanes of at least 4 members (excludes halogenated alkanes) is 8. The zero-order valence-corrected chi connectivity index (χ0v) is 42.0. The van der Waals surface area contributed by atoms with Gasteiger partial charge in [0.05, 0.1) is 19.8 Å². The number of esters is 2. The molecule has 11 atom stereocenters. The van der Waals surface area contributed by atoms with E-state index in [9.17, 15) is 45.3 Å². The number of hydrogen-bond acceptors (Lipinski definition) is 15. The Hall–Kier alpha value is -3.58. The van der Waals surface area contributed by atoms with Gasteiger partial charge in [-0.3, -0.25) is 9.59 Å². The molecule has 0 aromatic rings. The fourth-order valence-corrected chi connectivity index (χ4v) is 7.33. The molecule has 70 heavy (non-hydrogen) atoms. The zero-order chi connectivity index (χ0) is 51.0. The first kappa shape index (κ1) is 62.5. The minimum Gasteiger partial charge on any atom is -0.462 e. The topological polar surface area (TPSA) is 231 Å². The van der Waals surface area contributed by atoms with Crippen molar-refractivity contribution >= 4 is 11.9 Å². The molecule has 0 amide bonds. The van der Waals surface area contributed by atoms with Crippen LogP contribution in [0.5, 0.6) is 0 Å². The first-order valence-corrected chi connectivity index (χ1v) is 25.8. The van der Waals surface area contributed by atoms with Gasteiger partial charge < -0.3 is 64.2 Å². The number of rotatable bonds is 38. The summed E-state index contributed by atoms with van der Waals surface area (Å²) in [5.41, 5.74) is 0. The second-order valence-electron chi connectivity index (χ2n) is 17.6. The molecule has 0 aromatic carbocycles. The Balaban J connectivity index is 1.85. The van der Waals surface area contributed by atoms with E-state index in [2.05, 4.69) is 98.9 Å². The van der Waals surface area contributed by atoms with Crippen LogP contribution in [0.1, 0.15) is 142 Å². The summed E-state index contributed by atoms with van der Waals surface area (Å²) in [5, 5.41) is 72.1. The maximum Gasteiger partial charge on any atom is 0.306 e. The van der Waals surface area contributed by atoms with Crippen LogP contribution in [0.2, 0.25) is 0 Å². The molecule has 0 aromatic heterocycles. The van der Waals surface area contributed by atoms with Crippen molar-refractivity contribution in [3.63, 3.8) is 0 Å². The Morgan fingerprint density at radius 3 is 1.47 bits per heavy atom. The zero-order valence-electron chi connectivity index (χ0n) is 42.0. The van der Waals surface area contributed by atoms with E-state index < -0.39 is 99.3 Å². The van der Waals surface area contributed by atoms with E-state index >= 15 is 0 Å². The molecule has 2 aliphatic heterocycles. The Bertz CT molecular complexity index is 1580. The molecular weight excluding hydrogens is 901 g/mol. The van der Waals surface area contributed by atoms with Crippen molar-refractivity contribution in [1.29, 1.82) is 0 Å². The molecule has 0 bridgehead atoms. The molecule has 0 aliphatic carbocycles. The van der Waals surface area contributed by atoms with E-state index in [-0.39, 0.29) is 19.4 Å². The van der Waals surface area contributed by atoms with Gasteiger partial charge in [-0.2, -0.15) is 0 Å². The normalized spacial score (nSPS) is 26.2. The second kappa shape index (κ2) is 41.0. The molecule has 2 fully saturated rings. The van der Waals surface area contributed by atoms with Gasteiger partial charge in [-0.05, 0) is 83.5 Å². The molecule has 15 nitrogen and oxygen atoms in total. The average molecular weight is 989 g/mol. The van der Waals surface area contributed by atoms with E-state index in [1.165, 1.54) is 19.3 Å². The molecule has 2 heterocycles. The number of ether oxygens (including phenoxy) is 6. The van der Waals surface area contributed by atoms with Crippen molar-refractivity contribution in [2.75, 3.05) is 26.4 Å². The Labute approximate surface area is 417 Å². The van der Waals surface area contributed by atoms with Crippen LogP contribution in [0, 0.1) is 0 Å². The summed E-state index contributed by atoms with van der Waals surface area (Å²) in [4.78, 5) is 25.7. The largest absolute Gasteiger partial charge is 0.462 e. The van der Waals surface area contributed by atoms with E-state index in [0.29, 0.717) is 19.3 Å².